The molecule has 0 aliphatic heterocycles. The van der Waals surface area contributed by atoms with Crippen LogP contribution in [0.2, 0.25) is 0 Å². The van der Waals surface area contributed by atoms with Gasteiger partial charge in [0.15, 0.2) is 5.65 Å². The fourth-order valence-corrected chi connectivity index (χ4v) is 4.76. The van der Waals surface area contributed by atoms with Gasteiger partial charge in [-0.25, -0.2) is 14.5 Å². The number of hydrogen-bond acceptors (Lipinski definition) is 7. The first-order chi connectivity index (χ1) is 17.8. The Balaban J connectivity index is 1.71. The number of rotatable bonds is 10. The third kappa shape index (κ3) is 6.03. The number of nitrogens with zero attached hydrogens (tertiary/aromatic N) is 5. The number of anilines is 1. The Morgan fingerprint density at radius 1 is 1.08 bits per heavy atom. The van der Waals surface area contributed by atoms with E-state index in [1.54, 1.807) is 34.2 Å². The molecule has 4 heterocycles. The number of aromatic nitrogens is 4. The molecule has 0 saturated heterocycles. The highest BCUT2D eigenvalue weighted by Crippen LogP contribution is 2.28. The van der Waals surface area contributed by atoms with Crippen LogP contribution in [0.5, 0.6) is 0 Å². The van der Waals surface area contributed by atoms with E-state index in [9.17, 15) is 9.59 Å². The molecule has 4 rings (SSSR count). The average molecular weight is 520 g/mol. The molecule has 0 radical (unpaired) electrons. The summed E-state index contributed by atoms with van der Waals surface area (Å²) in [5, 5.41) is 12.3. The quantitative estimate of drug-likeness (QED) is 0.318. The summed E-state index contributed by atoms with van der Waals surface area (Å²) in [6, 6.07) is 9.44. The van der Waals surface area contributed by atoms with Gasteiger partial charge in [-0.2, -0.15) is 5.10 Å². The molecule has 4 aromatic rings. The Bertz CT molecular complexity index is 1380. The normalized spacial score (nSPS) is 12.3. The highest BCUT2D eigenvalue weighted by Gasteiger charge is 2.19. The zero-order valence-corrected chi connectivity index (χ0v) is 22.7. The Kier molecular flexibility index (Phi) is 8.30. The summed E-state index contributed by atoms with van der Waals surface area (Å²) in [5.74, 6) is -0.327. The van der Waals surface area contributed by atoms with Gasteiger partial charge in [0.25, 0.3) is 5.91 Å². The van der Waals surface area contributed by atoms with Gasteiger partial charge < -0.3 is 10.6 Å². The van der Waals surface area contributed by atoms with Crippen LogP contribution < -0.4 is 10.6 Å². The summed E-state index contributed by atoms with van der Waals surface area (Å²) in [5.41, 5.74) is 3.03. The number of likely N-dealkylation sites (N-methyl/N-ethyl adjacent to an activating group) is 1. The number of carbonyl (C=O) groups is 2. The van der Waals surface area contributed by atoms with Gasteiger partial charge in [-0.05, 0) is 49.7 Å². The van der Waals surface area contributed by atoms with Crippen LogP contribution in [0, 0.1) is 5.92 Å². The maximum atomic E-state index is 13.2. The molecule has 2 N–H and O–H groups in total. The molecule has 1 unspecified atom stereocenters. The Morgan fingerprint density at radius 3 is 2.54 bits per heavy atom. The molecule has 0 aliphatic carbocycles. The van der Waals surface area contributed by atoms with E-state index in [1.165, 1.54) is 0 Å². The SMILES string of the molecule is CCN(CC)C(C)CNC(=O)c1cc(NC(=O)C(C)C)nc(-c2cnn3ccc(-c4cccs4)nc23)c1. The minimum atomic E-state index is -0.232. The fraction of sp³-hybridized carbons (Fsp3) is 0.370. The van der Waals surface area contributed by atoms with Crippen LogP contribution in [0.15, 0.2) is 48.1 Å². The second-order valence-corrected chi connectivity index (χ2v) is 10.1. The van der Waals surface area contributed by atoms with E-state index in [0.717, 1.165) is 23.7 Å². The Morgan fingerprint density at radius 2 is 1.86 bits per heavy atom. The van der Waals surface area contributed by atoms with E-state index in [1.807, 2.05) is 43.6 Å². The van der Waals surface area contributed by atoms with Crippen molar-refractivity contribution in [2.45, 2.75) is 40.7 Å². The number of hydrogen-bond donors (Lipinski definition) is 2. The van der Waals surface area contributed by atoms with Crippen LogP contribution in [0.1, 0.15) is 45.0 Å². The van der Waals surface area contributed by atoms with Crippen molar-refractivity contribution in [3.05, 3.63) is 53.7 Å². The van der Waals surface area contributed by atoms with Crippen molar-refractivity contribution in [1.82, 2.24) is 29.8 Å². The maximum absolute atomic E-state index is 13.2. The third-order valence-electron chi connectivity index (χ3n) is 6.28. The average Bonchev–Trinajstić information content (AvgIpc) is 3.57. The van der Waals surface area contributed by atoms with Crippen molar-refractivity contribution >= 4 is 34.6 Å². The molecule has 10 heteroatoms. The number of fused-ring (bicyclic) bond motifs is 1. The fourth-order valence-electron chi connectivity index (χ4n) is 4.06. The molecule has 2 amide bonds. The highest BCUT2D eigenvalue weighted by atomic mass is 32.1. The molecule has 9 nitrogen and oxygen atoms in total. The molecular formula is C27H33N7O2S. The monoisotopic (exact) mass is 519 g/mol. The topological polar surface area (TPSA) is 105 Å². The van der Waals surface area contributed by atoms with E-state index in [0.29, 0.717) is 34.8 Å². The van der Waals surface area contributed by atoms with E-state index >= 15 is 0 Å². The Hall–Kier alpha value is -3.63. The molecule has 0 aromatic carbocycles. The van der Waals surface area contributed by atoms with E-state index in [2.05, 4.69) is 46.4 Å². The zero-order chi connectivity index (χ0) is 26.5. The van der Waals surface area contributed by atoms with Crippen molar-refractivity contribution in [2.24, 2.45) is 5.92 Å². The molecule has 0 fully saturated rings. The molecule has 37 heavy (non-hydrogen) atoms. The summed E-state index contributed by atoms with van der Waals surface area (Å²) < 4.78 is 1.68. The zero-order valence-electron chi connectivity index (χ0n) is 21.9. The second-order valence-electron chi connectivity index (χ2n) is 9.17. The summed E-state index contributed by atoms with van der Waals surface area (Å²) in [7, 11) is 0. The van der Waals surface area contributed by atoms with Crippen LogP contribution in [0.25, 0.3) is 27.5 Å². The predicted molar refractivity (Wildman–Crippen MR) is 148 cm³/mol. The van der Waals surface area contributed by atoms with Crippen molar-refractivity contribution in [2.75, 3.05) is 25.0 Å². The smallest absolute Gasteiger partial charge is 0.251 e. The second kappa shape index (κ2) is 11.6. The maximum Gasteiger partial charge on any atom is 0.251 e. The standard InChI is InChI=1S/C27H33N7O2S/c1-6-33(7-2)18(5)15-28-27(36)19-13-22(30-24(14-19)32-26(35)17(3)4)20-16-29-34-11-10-21(31-25(20)34)23-9-8-12-37-23/h8-14,16-18H,6-7,15H2,1-5H3,(H,28,36)(H,30,32,35). The number of nitrogens with one attached hydrogen (secondary N) is 2. The van der Waals surface area contributed by atoms with E-state index < -0.39 is 0 Å². The minimum Gasteiger partial charge on any atom is -0.350 e. The van der Waals surface area contributed by atoms with Gasteiger partial charge in [-0.1, -0.05) is 33.8 Å². The van der Waals surface area contributed by atoms with Crippen LogP contribution in [0.4, 0.5) is 5.82 Å². The van der Waals surface area contributed by atoms with Gasteiger partial charge in [-0.3, -0.25) is 14.5 Å². The number of pyridine rings is 1. The van der Waals surface area contributed by atoms with Gasteiger partial charge in [0.05, 0.1) is 28.0 Å². The summed E-state index contributed by atoms with van der Waals surface area (Å²) in [6.07, 6.45) is 3.54. The molecule has 0 spiro atoms. The number of thiophene rings is 1. The van der Waals surface area contributed by atoms with Gasteiger partial charge in [0, 0.05) is 30.3 Å². The lowest BCUT2D eigenvalue weighted by atomic mass is 10.1. The van der Waals surface area contributed by atoms with Gasteiger partial charge in [-0.15, -0.1) is 11.3 Å². The highest BCUT2D eigenvalue weighted by molar-refractivity contribution is 7.13. The van der Waals surface area contributed by atoms with Crippen molar-refractivity contribution in [3.63, 3.8) is 0 Å². The molecule has 0 bridgehead atoms. The molecule has 1 atom stereocenters. The molecule has 4 aromatic heterocycles. The minimum absolute atomic E-state index is 0.177. The first-order valence-electron chi connectivity index (χ1n) is 12.5. The lowest BCUT2D eigenvalue weighted by Gasteiger charge is -2.26. The van der Waals surface area contributed by atoms with E-state index in [-0.39, 0.29) is 23.8 Å². The lowest BCUT2D eigenvalue weighted by Crippen LogP contribution is -2.42. The van der Waals surface area contributed by atoms with Crippen molar-refractivity contribution < 1.29 is 9.59 Å². The van der Waals surface area contributed by atoms with E-state index in [4.69, 9.17) is 4.98 Å². The van der Waals surface area contributed by atoms with Gasteiger partial charge in [0.2, 0.25) is 5.91 Å². The molecule has 194 valence electrons. The van der Waals surface area contributed by atoms with Crippen LogP contribution in [-0.4, -0.2) is 62.0 Å². The number of amides is 2. The first-order valence-corrected chi connectivity index (χ1v) is 13.4. The third-order valence-corrected chi connectivity index (χ3v) is 7.17. The number of carbonyl (C=O) groups excluding carboxylic acids is 2. The predicted octanol–water partition coefficient (Wildman–Crippen LogP) is 4.57. The lowest BCUT2D eigenvalue weighted by molar-refractivity contribution is -0.118. The van der Waals surface area contributed by atoms with Crippen molar-refractivity contribution in [1.29, 1.82) is 0 Å². The molecular weight excluding hydrogens is 486 g/mol. The summed E-state index contributed by atoms with van der Waals surface area (Å²) >= 11 is 1.61. The molecule has 0 aliphatic rings. The summed E-state index contributed by atoms with van der Waals surface area (Å²) in [6.45, 7) is 12.2. The first kappa shape index (κ1) is 26.4. The van der Waals surface area contributed by atoms with Crippen molar-refractivity contribution in [3.8, 4) is 21.8 Å². The largest absolute Gasteiger partial charge is 0.350 e. The Labute approximate surface area is 220 Å². The van der Waals surface area contributed by atoms with Crippen LogP contribution >= 0.6 is 11.3 Å². The van der Waals surface area contributed by atoms with Gasteiger partial charge >= 0.3 is 0 Å². The summed E-state index contributed by atoms with van der Waals surface area (Å²) in [4.78, 5) is 38.5. The van der Waals surface area contributed by atoms with Crippen LogP contribution in [-0.2, 0) is 4.79 Å². The molecule has 0 saturated carbocycles. The van der Waals surface area contributed by atoms with Crippen LogP contribution in [0.3, 0.4) is 0 Å². The van der Waals surface area contributed by atoms with Gasteiger partial charge in [0.1, 0.15) is 5.82 Å².